The molecule has 1 unspecified atom stereocenters. The van der Waals surface area contributed by atoms with Gasteiger partial charge in [0.25, 0.3) is 0 Å². The summed E-state index contributed by atoms with van der Waals surface area (Å²) in [5, 5.41) is 0. The molecule has 0 radical (unpaired) electrons. The molecule has 0 aliphatic carbocycles. The lowest BCUT2D eigenvalue weighted by Crippen LogP contribution is -2.17. The Morgan fingerprint density at radius 1 is 1.39 bits per heavy atom. The molecular weight excluding hydrogens is 234 g/mol. The highest BCUT2D eigenvalue weighted by Gasteiger charge is 2.18. The van der Waals surface area contributed by atoms with Gasteiger partial charge in [0.1, 0.15) is 11.3 Å². The fourth-order valence-electron chi connectivity index (χ4n) is 1.53. The summed E-state index contributed by atoms with van der Waals surface area (Å²) in [7, 11) is 2.94. The van der Waals surface area contributed by atoms with Crippen molar-refractivity contribution in [2.45, 2.75) is 19.4 Å². The van der Waals surface area contributed by atoms with Gasteiger partial charge in [-0.15, -0.1) is 0 Å². The predicted octanol–water partition coefficient (Wildman–Crippen LogP) is 1.86. The van der Waals surface area contributed by atoms with Gasteiger partial charge in [0.15, 0.2) is 0 Å². The Bertz CT molecular complexity index is 406. The molecule has 5 nitrogen and oxygen atoms in total. The molecule has 0 amide bonds. The number of hydrogen-bond acceptors (Lipinski definition) is 5. The maximum Gasteiger partial charge on any atom is 0.343 e. The van der Waals surface area contributed by atoms with Crippen LogP contribution in [0.4, 0.5) is 5.69 Å². The molecule has 0 spiro atoms. The van der Waals surface area contributed by atoms with E-state index in [0.29, 0.717) is 18.0 Å². The van der Waals surface area contributed by atoms with Crippen molar-refractivity contribution < 1.29 is 19.0 Å². The largest absolute Gasteiger partial charge is 0.490 e. The maximum absolute atomic E-state index is 11.6. The average Bonchev–Trinajstić information content (AvgIpc) is 2.35. The highest BCUT2D eigenvalue weighted by atomic mass is 16.5. The van der Waals surface area contributed by atoms with Gasteiger partial charge in [0, 0.05) is 25.8 Å². The summed E-state index contributed by atoms with van der Waals surface area (Å²) in [4.78, 5) is 11.6. The van der Waals surface area contributed by atoms with E-state index >= 15 is 0 Å². The summed E-state index contributed by atoms with van der Waals surface area (Å²) in [5.41, 5.74) is 6.38. The summed E-state index contributed by atoms with van der Waals surface area (Å²) in [6.07, 6.45) is 0.654. The third-order valence-electron chi connectivity index (χ3n) is 2.50. The Morgan fingerprint density at radius 3 is 2.72 bits per heavy atom. The van der Waals surface area contributed by atoms with Crippen LogP contribution in [-0.2, 0) is 9.47 Å². The zero-order chi connectivity index (χ0) is 13.5. The lowest BCUT2D eigenvalue weighted by molar-refractivity contribution is 0.0593. The second kappa shape index (κ2) is 6.86. The number of rotatable bonds is 6. The van der Waals surface area contributed by atoms with Crippen molar-refractivity contribution in [2.24, 2.45) is 0 Å². The van der Waals surface area contributed by atoms with Gasteiger partial charge in [-0.05, 0) is 19.1 Å². The van der Waals surface area contributed by atoms with Crippen LogP contribution in [0.25, 0.3) is 0 Å². The van der Waals surface area contributed by atoms with Gasteiger partial charge in [0.05, 0.1) is 13.2 Å². The molecule has 0 heterocycles. The fourth-order valence-corrected chi connectivity index (χ4v) is 1.53. The van der Waals surface area contributed by atoms with Crippen LogP contribution in [0, 0.1) is 0 Å². The quantitative estimate of drug-likeness (QED) is 0.619. The molecule has 0 saturated carbocycles. The van der Waals surface area contributed by atoms with E-state index in [1.54, 1.807) is 25.3 Å². The molecule has 100 valence electrons. The molecule has 0 aliphatic heterocycles. The number of nitrogens with two attached hydrogens (primary N) is 1. The highest BCUT2D eigenvalue weighted by molar-refractivity contribution is 5.98. The van der Waals surface area contributed by atoms with E-state index < -0.39 is 5.97 Å². The van der Waals surface area contributed by atoms with Crippen LogP contribution < -0.4 is 10.5 Å². The number of nitrogen functional groups attached to an aromatic ring is 1. The van der Waals surface area contributed by atoms with Crippen molar-refractivity contribution in [1.82, 2.24) is 0 Å². The normalized spacial score (nSPS) is 11.9. The number of ether oxygens (including phenoxy) is 3. The summed E-state index contributed by atoms with van der Waals surface area (Å²) >= 11 is 0. The topological polar surface area (TPSA) is 70.8 Å². The molecule has 1 rings (SSSR count). The molecule has 0 aliphatic rings. The maximum atomic E-state index is 11.6. The van der Waals surface area contributed by atoms with Crippen molar-refractivity contribution in [1.29, 1.82) is 0 Å². The van der Waals surface area contributed by atoms with Gasteiger partial charge >= 0.3 is 5.97 Å². The second-order valence-electron chi connectivity index (χ2n) is 3.92. The van der Waals surface area contributed by atoms with Crippen LogP contribution in [0.3, 0.4) is 0 Å². The Labute approximate surface area is 107 Å². The SMILES string of the molecule is COCCC(C)Oc1cccc(N)c1C(=O)OC. The lowest BCUT2D eigenvalue weighted by atomic mass is 10.1. The Morgan fingerprint density at radius 2 is 2.11 bits per heavy atom. The van der Waals surface area contributed by atoms with Crippen LogP contribution in [0.2, 0.25) is 0 Å². The average molecular weight is 253 g/mol. The molecule has 0 aromatic heterocycles. The number of anilines is 1. The van der Waals surface area contributed by atoms with E-state index in [9.17, 15) is 4.79 Å². The molecule has 0 fully saturated rings. The number of methoxy groups -OCH3 is 2. The zero-order valence-corrected chi connectivity index (χ0v) is 10.9. The van der Waals surface area contributed by atoms with E-state index in [4.69, 9.17) is 19.9 Å². The van der Waals surface area contributed by atoms with Crippen molar-refractivity contribution in [3.63, 3.8) is 0 Å². The van der Waals surface area contributed by atoms with Crippen LogP contribution in [0.1, 0.15) is 23.7 Å². The van der Waals surface area contributed by atoms with Crippen molar-refractivity contribution in [2.75, 3.05) is 26.6 Å². The first-order valence-electron chi connectivity index (χ1n) is 5.72. The molecule has 2 N–H and O–H groups in total. The van der Waals surface area contributed by atoms with Gasteiger partial charge in [0.2, 0.25) is 0 Å². The van der Waals surface area contributed by atoms with Gasteiger partial charge in [-0.2, -0.15) is 0 Å². The van der Waals surface area contributed by atoms with Crippen molar-refractivity contribution in [3.8, 4) is 5.75 Å². The number of carbonyl (C=O) groups excluding carboxylic acids is 1. The van der Waals surface area contributed by atoms with Crippen LogP contribution >= 0.6 is 0 Å². The minimum absolute atomic E-state index is 0.0739. The molecule has 18 heavy (non-hydrogen) atoms. The van der Waals surface area contributed by atoms with Crippen LogP contribution in [-0.4, -0.2) is 32.9 Å². The van der Waals surface area contributed by atoms with E-state index in [1.807, 2.05) is 6.92 Å². The zero-order valence-electron chi connectivity index (χ0n) is 10.9. The third kappa shape index (κ3) is 3.63. The minimum Gasteiger partial charge on any atom is -0.490 e. The fraction of sp³-hybridized carbons (Fsp3) is 0.462. The number of carbonyl (C=O) groups is 1. The lowest BCUT2D eigenvalue weighted by Gasteiger charge is -2.17. The van der Waals surface area contributed by atoms with Crippen molar-refractivity contribution >= 4 is 11.7 Å². The van der Waals surface area contributed by atoms with Crippen LogP contribution in [0.15, 0.2) is 18.2 Å². The summed E-state index contributed by atoms with van der Waals surface area (Å²) < 4.78 is 15.4. The highest BCUT2D eigenvalue weighted by Crippen LogP contribution is 2.26. The van der Waals surface area contributed by atoms with Gasteiger partial charge in [-0.3, -0.25) is 0 Å². The van der Waals surface area contributed by atoms with E-state index in [0.717, 1.165) is 6.42 Å². The first-order chi connectivity index (χ1) is 8.60. The molecule has 0 bridgehead atoms. The Hall–Kier alpha value is -1.75. The van der Waals surface area contributed by atoms with E-state index in [-0.39, 0.29) is 11.7 Å². The third-order valence-corrected chi connectivity index (χ3v) is 2.50. The van der Waals surface area contributed by atoms with Gasteiger partial charge < -0.3 is 19.9 Å². The smallest absolute Gasteiger partial charge is 0.343 e. The van der Waals surface area contributed by atoms with E-state index in [2.05, 4.69) is 0 Å². The molecule has 0 saturated heterocycles. The Kier molecular flexibility index (Phi) is 5.45. The molecule has 1 aromatic rings. The predicted molar refractivity (Wildman–Crippen MR) is 68.8 cm³/mol. The number of esters is 1. The summed E-state index contributed by atoms with van der Waals surface area (Å²) in [6, 6.07) is 5.07. The van der Waals surface area contributed by atoms with Crippen molar-refractivity contribution in [3.05, 3.63) is 23.8 Å². The monoisotopic (exact) mass is 253 g/mol. The second-order valence-corrected chi connectivity index (χ2v) is 3.92. The van der Waals surface area contributed by atoms with Gasteiger partial charge in [-0.25, -0.2) is 4.79 Å². The Balaban J connectivity index is 2.88. The number of hydrogen-bond donors (Lipinski definition) is 1. The van der Waals surface area contributed by atoms with Crippen LogP contribution in [0.5, 0.6) is 5.75 Å². The first-order valence-corrected chi connectivity index (χ1v) is 5.72. The molecule has 1 aromatic carbocycles. The first kappa shape index (κ1) is 14.3. The molecule has 5 heteroatoms. The molecular formula is C13H19NO4. The standard InChI is InChI=1S/C13H19NO4/c1-9(7-8-16-2)18-11-6-4-5-10(14)12(11)13(15)17-3/h4-6,9H,7-8,14H2,1-3H3. The summed E-state index contributed by atoms with van der Waals surface area (Å²) in [6.45, 7) is 2.50. The van der Waals surface area contributed by atoms with Gasteiger partial charge in [-0.1, -0.05) is 6.07 Å². The molecule has 1 atom stereocenters. The number of benzene rings is 1. The summed E-state index contributed by atoms with van der Waals surface area (Å²) in [5.74, 6) is -0.0625. The van der Waals surface area contributed by atoms with E-state index in [1.165, 1.54) is 7.11 Å². The minimum atomic E-state index is -0.498.